The number of nitrogens with two attached hydrogens (primary N) is 1. The van der Waals surface area contributed by atoms with Gasteiger partial charge in [0.05, 0.1) is 22.6 Å². The van der Waals surface area contributed by atoms with Crippen molar-refractivity contribution in [3.05, 3.63) is 72.6 Å². The average molecular weight is 315 g/mol. The predicted molar refractivity (Wildman–Crippen MR) is 97.5 cm³/mol. The molecule has 0 spiro atoms. The number of anilines is 2. The van der Waals surface area contributed by atoms with E-state index in [9.17, 15) is 0 Å². The molecule has 0 saturated carbocycles. The van der Waals surface area contributed by atoms with Crippen LogP contribution < -0.4 is 11.1 Å². The molecule has 118 valence electrons. The molecule has 3 aromatic heterocycles. The van der Waals surface area contributed by atoms with Crippen LogP contribution in [0.5, 0.6) is 0 Å². The number of hydrogen-bond donors (Lipinski definition) is 3. The van der Waals surface area contributed by atoms with E-state index in [-0.39, 0.29) is 0 Å². The lowest BCUT2D eigenvalue weighted by molar-refractivity contribution is 1.12. The van der Waals surface area contributed by atoms with E-state index in [0.717, 1.165) is 27.9 Å². The Morgan fingerprint density at radius 2 is 2.00 bits per heavy atom. The summed E-state index contributed by atoms with van der Waals surface area (Å²) < 4.78 is 0. The molecule has 0 aliphatic carbocycles. The van der Waals surface area contributed by atoms with Gasteiger partial charge in [0.15, 0.2) is 0 Å². The molecule has 0 unspecified atom stereocenters. The molecular weight excluding hydrogens is 298 g/mol. The van der Waals surface area contributed by atoms with Gasteiger partial charge in [-0.05, 0) is 48.0 Å². The van der Waals surface area contributed by atoms with Gasteiger partial charge in [-0.3, -0.25) is 4.98 Å². The molecule has 0 bridgehead atoms. The Morgan fingerprint density at radius 3 is 2.88 bits per heavy atom. The number of hydrogen-bond acceptors (Lipinski definition) is 4. The largest absolute Gasteiger partial charge is 0.396 e. The van der Waals surface area contributed by atoms with Crippen LogP contribution in [-0.2, 0) is 6.54 Å². The number of benzene rings is 1. The number of H-pyrrole nitrogens is 1. The van der Waals surface area contributed by atoms with Gasteiger partial charge >= 0.3 is 0 Å². The fraction of sp³-hybridized carbons (Fsp3) is 0.0526. The predicted octanol–water partition coefficient (Wildman–Crippen LogP) is 3.82. The second-order valence-corrected chi connectivity index (χ2v) is 5.60. The summed E-state index contributed by atoms with van der Waals surface area (Å²) in [7, 11) is 0. The maximum Gasteiger partial charge on any atom is 0.150 e. The highest BCUT2D eigenvalue weighted by molar-refractivity contribution is 5.79. The molecule has 4 aromatic rings. The molecular formula is C19H17N5. The zero-order chi connectivity index (χ0) is 16.4. The number of aromatic nitrogens is 3. The molecule has 24 heavy (non-hydrogen) atoms. The molecule has 0 radical (unpaired) electrons. The van der Waals surface area contributed by atoms with E-state index >= 15 is 0 Å². The Kier molecular flexibility index (Phi) is 3.59. The molecule has 4 N–H and O–H groups in total. The molecule has 0 aliphatic rings. The molecule has 1 aromatic carbocycles. The third-order valence-corrected chi connectivity index (χ3v) is 3.93. The van der Waals surface area contributed by atoms with E-state index in [1.165, 1.54) is 0 Å². The molecule has 0 aliphatic heterocycles. The van der Waals surface area contributed by atoms with E-state index in [2.05, 4.69) is 38.5 Å². The van der Waals surface area contributed by atoms with Gasteiger partial charge in [-0.25, -0.2) is 4.98 Å². The van der Waals surface area contributed by atoms with Gasteiger partial charge in [0.25, 0.3) is 0 Å². The summed E-state index contributed by atoms with van der Waals surface area (Å²) in [6.45, 7) is 0.649. The molecule has 0 fully saturated rings. The zero-order valence-corrected chi connectivity index (χ0v) is 13.0. The number of aromatic amines is 1. The summed E-state index contributed by atoms with van der Waals surface area (Å²) in [5, 5.41) is 4.45. The van der Waals surface area contributed by atoms with E-state index < -0.39 is 0 Å². The number of nitrogen functional groups attached to an aromatic ring is 1. The van der Waals surface area contributed by atoms with E-state index in [1.54, 1.807) is 6.20 Å². The van der Waals surface area contributed by atoms with Crippen molar-refractivity contribution in [1.82, 2.24) is 15.0 Å². The Balaban J connectivity index is 1.57. The first-order valence-corrected chi connectivity index (χ1v) is 7.77. The number of fused-ring (bicyclic) bond motifs is 1. The van der Waals surface area contributed by atoms with Crippen molar-refractivity contribution in [3.63, 3.8) is 0 Å². The van der Waals surface area contributed by atoms with Crippen molar-refractivity contribution in [2.24, 2.45) is 0 Å². The van der Waals surface area contributed by atoms with Crippen molar-refractivity contribution in [2.75, 3.05) is 11.1 Å². The average Bonchev–Trinajstić information content (AvgIpc) is 3.15. The second-order valence-electron chi connectivity index (χ2n) is 5.60. The monoisotopic (exact) mass is 315 g/mol. The van der Waals surface area contributed by atoms with Crippen molar-refractivity contribution < 1.29 is 0 Å². The minimum absolute atomic E-state index is 0.632. The van der Waals surface area contributed by atoms with Crippen LogP contribution in [0.1, 0.15) is 5.56 Å². The molecule has 4 rings (SSSR count). The Morgan fingerprint density at radius 1 is 1.04 bits per heavy atom. The highest BCUT2D eigenvalue weighted by Crippen LogP contribution is 2.23. The van der Waals surface area contributed by atoms with Crippen molar-refractivity contribution >= 4 is 22.4 Å². The van der Waals surface area contributed by atoms with Crippen molar-refractivity contribution in [3.8, 4) is 11.4 Å². The quantitative estimate of drug-likeness (QED) is 0.535. The summed E-state index contributed by atoms with van der Waals surface area (Å²) in [6, 6.07) is 17.9. The maximum atomic E-state index is 6.05. The molecule has 0 saturated heterocycles. The first-order valence-electron chi connectivity index (χ1n) is 7.77. The maximum absolute atomic E-state index is 6.05. The fourth-order valence-electron chi connectivity index (χ4n) is 2.67. The summed E-state index contributed by atoms with van der Waals surface area (Å²) in [5.41, 5.74) is 10.7. The highest BCUT2D eigenvalue weighted by atomic mass is 15.0. The lowest BCUT2D eigenvalue weighted by Gasteiger charge is -2.10. The third kappa shape index (κ3) is 2.79. The fourth-order valence-corrected chi connectivity index (χ4v) is 2.67. The first-order chi connectivity index (χ1) is 11.8. The molecule has 0 atom stereocenters. The van der Waals surface area contributed by atoms with E-state index in [0.29, 0.717) is 18.1 Å². The van der Waals surface area contributed by atoms with E-state index in [1.807, 2.05) is 42.6 Å². The summed E-state index contributed by atoms with van der Waals surface area (Å²) in [4.78, 5) is 12.1. The summed E-state index contributed by atoms with van der Waals surface area (Å²) in [6.07, 6.45) is 3.68. The summed E-state index contributed by atoms with van der Waals surface area (Å²) >= 11 is 0. The Hall–Kier alpha value is -3.34. The lowest BCUT2D eigenvalue weighted by Crippen LogP contribution is -2.05. The van der Waals surface area contributed by atoms with Crippen LogP contribution in [0.2, 0.25) is 0 Å². The normalized spacial score (nSPS) is 10.8. The minimum atomic E-state index is 0.632. The third-order valence-electron chi connectivity index (χ3n) is 3.93. The van der Waals surface area contributed by atoms with Crippen LogP contribution in [0.15, 0.2) is 67.0 Å². The molecule has 3 heterocycles. The van der Waals surface area contributed by atoms with Gasteiger partial charge in [-0.1, -0.05) is 12.1 Å². The van der Waals surface area contributed by atoms with Crippen molar-refractivity contribution in [1.29, 1.82) is 0 Å². The van der Waals surface area contributed by atoms with Gasteiger partial charge < -0.3 is 16.0 Å². The summed E-state index contributed by atoms with van der Waals surface area (Å²) in [5.74, 6) is 0.688. The highest BCUT2D eigenvalue weighted by Gasteiger charge is 2.06. The van der Waals surface area contributed by atoms with Crippen LogP contribution >= 0.6 is 0 Å². The Bertz CT molecular complexity index is 976. The SMILES string of the molecule is Nc1ccc(-c2ccc[nH]2)nc1NCc1ccc2ncccc2c1. The van der Waals surface area contributed by atoms with Gasteiger partial charge in [0.1, 0.15) is 5.82 Å². The smallest absolute Gasteiger partial charge is 0.150 e. The van der Waals surface area contributed by atoms with Gasteiger partial charge in [0.2, 0.25) is 0 Å². The standard InChI is InChI=1S/C19H17N5/c20-15-6-8-18(17-4-2-10-22-17)24-19(15)23-12-13-5-7-16-14(11-13)3-1-9-21-16/h1-11,22H,12,20H2,(H,23,24). The second kappa shape index (κ2) is 6.04. The van der Waals surface area contributed by atoms with Gasteiger partial charge in [-0.15, -0.1) is 0 Å². The van der Waals surface area contributed by atoms with Crippen LogP contribution in [0.3, 0.4) is 0 Å². The number of pyridine rings is 2. The Labute approximate surface area is 139 Å². The zero-order valence-electron chi connectivity index (χ0n) is 13.0. The van der Waals surface area contributed by atoms with Crippen LogP contribution in [0, 0.1) is 0 Å². The topological polar surface area (TPSA) is 79.6 Å². The van der Waals surface area contributed by atoms with Gasteiger partial charge in [-0.2, -0.15) is 0 Å². The molecule has 5 heteroatoms. The van der Waals surface area contributed by atoms with Crippen LogP contribution in [0.25, 0.3) is 22.3 Å². The van der Waals surface area contributed by atoms with Crippen LogP contribution in [-0.4, -0.2) is 15.0 Å². The lowest BCUT2D eigenvalue weighted by atomic mass is 10.1. The van der Waals surface area contributed by atoms with Crippen LogP contribution in [0.4, 0.5) is 11.5 Å². The number of nitrogens with zero attached hydrogens (tertiary/aromatic N) is 2. The molecule has 5 nitrogen and oxygen atoms in total. The van der Waals surface area contributed by atoms with E-state index in [4.69, 9.17) is 5.73 Å². The minimum Gasteiger partial charge on any atom is -0.396 e. The van der Waals surface area contributed by atoms with Gasteiger partial charge in [0, 0.05) is 24.3 Å². The van der Waals surface area contributed by atoms with Crippen molar-refractivity contribution in [2.45, 2.75) is 6.54 Å². The first kappa shape index (κ1) is 14.3. The number of rotatable bonds is 4. The molecule has 0 amide bonds. The number of nitrogens with one attached hydrogen (secondary N) is 2.